The maximum Gasteiger partial charge on any atom is 0.350 e. The number of esters is 1. The Labute approximate surface area is 295 Å². The van der Waals surface area contributed by atoms with Crippen LogP contribution in [0.25, 0.3) is 0 Å². The fourth-order valence-corrected chi connectivity index (χ4v) is 9.27. The van der Waals surface area contributed by atoms with Crippen molar-refractivity contribution in [2.24, 2.45) is 17.8 Å². The Morgan fingerprint density at radius 3 is 2.70 bits per heavy atom. The predicted octanol–water partition coefficient (Wildman–Crippen LogP) is 4.24. The van der Waals surface area contributed by atoms with Crippen LogP contribution in [-0.2, 0) is 14.3 Å². The second kappa shape index (κ2) is 14.2. The van der Waals surface area contributed by atoms with Gasteiger partial charge in [-0.15, -0.1) is 0 Å². The minimum Gasteiger partial charge on any atom is -0.463 e. The first-order valence-corrected chi connectivity index (χ1v) is 18.6. The van der Waals surface area contributed by atoms with E-state index >= 15 is 0 Å². The summed E-state index contributed by atoms with van der Waals surface area (Å²) in [5, 5.41) is 24.5. The number of carbonyl (C=O) groups is 3. The molecule has 1 aromatic carbocycles. The predicted molar refractivity (Wildman–Crippen MR) is 190 cm³/mol. The number of rotatable bonds is 12. The molecule has 1 saturated heterocycles. The molecule has 50 heavy (non-hydrogen) atoms. The third kappa shape index (κ3) is 5.97. The van der Waals surface area contributed by atoms with Crippen LogP contribution in [0.15, 0.2) is 70.6 Å². The lowest BCUT2D eigenvalue weighted by Gasteiger charge is -2.42. The Balaban J connectivity index is 1.11. The number of carbonyl (C=O) groups excluding carboxylic acids is 3. The Hall–Kier alpha value is -3.57. The average Bonchev–Trinajstić information content (AvgIpc) is 3.85. The number of epoxide rings is 1. The second-order valence-electron chi connectivity index (χ2n) is 14.9. The summed E-state index contributed by atoms with van der Waals surface area (Å²) >= 11 is 0. The largest absolute Gasteiger partial charge is 0.463 e. The first kappa shape index (κ1) is 34.9. The zero-order chi connectivity index (χ0) is 35.0. The number of fused-ring (bicyclic) bond motifs is 3. The van der Waals surface area contributed by atoms with E-state index in [1.165, 1.54) is 11.1 Å². The fourth-order valence-electron chi connectivity index (χ4n) is 9.27. The quantitative estimate of drug-likeness (QED) is 0.0940. The van der Waals surface area contributed by atoms with Crippen molar-refractivity contribution < 1.29 is 29.0 Å². The number of Topliss-reactive ketones (excluding diaryl/α,β-unsaturated/α-hetero) is 2. The number of hydrogen-bond acceptors (Lipinski definition) is 10. The van der Waals surface area contributed by atoms with E-state index in [2.05, 4.69) is 46.4 Å². The van der Waals surface area contributed by atoms with Gasteiger partial charge in [0.2, 0.25) is 5.78 Å². The van der Waals surface area contributed by atoms with E-state index in [1.54, 1.807) is 24.3 Å². The standard InChI is InChI=1S/C40H52N4O6/c1-4-42-33-20-27-10-6-5-9-26(27)19-28(33)23-49-38(48)40-36(47)32-12-8-7-11-31(32)35(46)39(40,50-40)21-29(22-45)24(2)13-14-25-17-18-43-37-30(25)15-16-34(41-3)44-37/h6-8,10-12,17,26-28,33-34,41-45H,4-5,9,13-16,18-23H2,1-3H3. The van der Waals surface area contributed by atoms with Crippen LogP contribution in [0.4, 0.5) is 0 Å². The molecule has 7 atom stereocenters. The molecule has 1 saturated carbocycles. The van der Waals surface area contributed by atoms with Crippen LogP contribution in [0.2, 0.25) is 0 Å². The summed E-state index contributed by atoms with van der Waals surface area (Å²) in [6, 6.07) is 6.79. The van der Waals surface area contributed by atoms with Crippen molar-refractivity contribution in [1.82, 2.24) is 21.3 Å². The minimum atomic E-state index is -2.06. The van der Waals surface area contributed by atoms with Gasteiger partial charge in [-0.1, -0.05) is 55.0 Å². The average molecular weight is 685 g/mol. The van der Waals surface area contributed by atoms with E-state index in [0.717, 1.165) is 69.4 Å². The van der Waals surface area contributed by atoms with E-state index < -0.39 is 28.7 Å². The Morgan fingerprint density at radius 2 is 1.94 bits per heavy atom. The van der Waals surface area contributed by atoms with Crippen molar-refractivity contribution in [3.8, 4) is 0 Å². The third-order valence-electron chi connectivity index (χ3n) is 12.2. The maximum atomic E-state index is 14.3. The molecule has 0 radical (unpaired) electrons. The summed E-state index contributed by atoms with van der Waals surface area (Å²) in [5.74, 6) is 0.472. The van der Waals surface area contributed by atoms with Gasteiger partial charge in [0.15, 0.2) is 11.4 Å². The van der Waals surface area contributed by atoms with Gasteiger partial charge in [0.05, 0.1) is 19.4 Å². The van der Waals surface area contributed by atoms with Gasteiger partial charge in [-0.25, -0.2) is 4.79 Å². The van der Waals surface area contributed by atoms with E-state index in [-0.39, 0.29) is 48.9 Å². The van der Waals surface area contributed by atoms with Crippen LogP contribution in [0.1, 0.15) is 92.4 Å². The van der Waals surface area contributed by atoms with Gasteiger partial charge < -0.3 is 35.8 Å². The highest BCUT2D eigenvalue weighted by Gasteiger charge is 2.85. The molecule has 10 heteroatoms. The van der Waals surface area contributed by atoms with Gasteiger partial charge in [0.25, 0.3) is 5.60 Å². The van der Waals surface area contributed by atoms with Crippen molar-refractivity contribution in [3.63, 3.8) is 0 Å². The summed E-state index contributed by atoms with van der Waals surface area (Å²) in [5.41, 5.74) is 0.684. The zero-order valence-electron chi connectivity index (χ0n) is 29.6. The molecule has 7 rings (SSSR count). The smallest absolute Gasteiger partial charge is 0.350 e. The van der Waals surface area contributed by atoms with E-state index in [0.29, 0.717) is 23.8 Å². The van der Waals surface area contributed by atoms with Crippen LogP contribution in [0, 0.1) is 17.8 Å². The van der Waals surface area contributed by atoms with Crippen molar-refractivity contribution in [2.45, 2.75) is 95.0 Å². The topological polar surface area (TPSA) is 141 Å². The summed E-state index contributed by atoms with van der Waals surface area (Å²) in [6.45, 7) is 5.43. The van der Waals surface area contributed by atoms with E-state index in [4.69, 9.17) is 9.47 Å². The Morgan fingerprint density at radius 1 is 1.14 bits per heavy atom. The SMILES string of the molecule is CCNC1CC2C=CCCC2CC1COC(=O)C12OC1(CC(CO)=C(C)CCC1=CCNC3=C1CCC(NC)N3)C(=O)c1ccccc1C2=O. The molecular formula is C40H52N4O6. The molecule has 268 valence electrons. The van der Waals surface area contributed by atoms with Crippen molar-refractivity contribution >= 4 is 17.5 Å². The highest BCUT2D eigenvalue weighted by molar-refractivity contribution is 6.32. The number of hydrogen-bond donors (Lipinski definition) is 5. The van der Waals surface area contributed by atoms with Gasteiger partial charge in [0.1, 0.15) is 5.82 Å². The van der Waals surface area contributed by atoms with Gasteiger partial charge >= 0.3 is 5.97 Å². The van der Waals surface area contributed by atoms with Crippen molar-refractivity contribution in [2.75, 3.05) is 33.4 Å². The monoisotopic (exact) mass is 684 g/mol. The van der Waals surface area contributed by atoms with Gasteiger partial charge in [0, 0.05) is 36.1 Å². The van der Waals surface area contributed by atoms with E-state index in [9.17, 15) is 19.5 Å². The number of aliphatic hydroxyl groups excluding tert-OH is 1. The molecule has 7 unspecified atom stereocenters. The fraction of sp³-hybridized carbons (Fsp3) is 0.575. The van der Waals surface area contributed by atoms with Crippen molar-refractivity contribution in [3.05, 3.63) is 81.7 Å². The molecule has 3 heterocycles. The van der Waals surface area contributed by atoms with Gasteiger partial charge in [-0.05, 0) is 100 Å². The number of aliphatic hydroxyl groups is 1. The van der Waals surface area contributed by atoms with Gasteiger partial charge in [-0.3, -0.25) is 9.59 Å². The molecule has 0 bridgehead atoms. The molecule has 2 fully saturated rings. The van der Waals surface area contributed by atoms with E-state index in [1.807, 2.05) is 14.0 Å². The van der Waals surface area contributed by atoms with Crippen LogP contribution >= 0.6 is 0 Å². The first-order chi connectivity index (χ1) is 24.3. The number of benzene rings is 1. The normalized spacial score (nSPS) is 33.1. The maximum absolute atomic E-state index is 14.3. The summed E-state index contributed by atoms with van der Waals surface area (Å²) in [7, 11) is 1.95. The number of ketones is 2. The van der Waals surface area contributed by atoms with Crippen molar-refractivity contribution in [1.29, 1.82) is 0 Å². The highest BCUT2D eigenvalue weighted by Crippen LogP contribution is 2.59. The third-order valence-corrected chi connectivity index (χ3v) is 12.2. The van der Waals surface area contributed by atoms with Crippen LogP contribution in [0.3, 0.4) is 0 Å². The van der Waals surface area contributed by atoms with Crippen LogP contribution in [-0.4, -0.2) is 79.4 Å². The van der Waals surface area contributed by atoms with Gasteiger partial charge in [-0.2, -0.15) is 0 Å². The molecular weight excluding hydrogens is 632 g/mol. The molecule has 0 aromatic heterocycles. The molecule has 6 aliphatic rings. The minimum absolute atomic E-state index is 0.0527. The molecule has 5 N–H and O–H groups in total. The molecule has 0 amide bonds. The Bertz CT molecular complexity index is 1660. The first-order valence-electron chi connectivity index (χ1n) is 18.6. The second-order valence-corrected chi connectivity index (χ2v) is 14.9. The molecule has 0 spiro atoms. The molecule has 3 aliphatic heterocycles. The van der Waals surface area contributed by atoms with Crippen LogP contribution < -0.4 is 21.3 Å². The number of allylic oxidation sites excluding steroid dienone is 5. The number of dihydropyridines is 1. The summed E-state index contributed by atoms with van der Waals surface area (Å²) in [6.07, 6.45) is 14.5. The lowest BCUT2D eigenvalue weighted by Crippen LogP contribution is -2.52. The number of ether oxygens (including phenoxy) is 2. The molecule has 3 aliphatic carbocycles. The summed E-state index contributed by atoms with van der Waals surface area (Å²) in [4.78, 5) is 42.7. The Kier molecular flexibility index (Phi) is 9.91. The van der Waals surface area contributed by atoms with Crippen LogP contribution in [0.5, 0.6) is 0 Å². The lowest BCUT2D eigenvalue weighted by molar-refractivity contribution is -0.150. The number of nitrogens with one attached hydrogen (secondary N) is 4. The summed E-state index contributed by atoms with van der Waals surface area (Å²) < 4.78 is 12.3. The zero-order valence-corrected chi connectivity index (χ0v) is 29.6. The molecule has 1 aromatic rings. The molecule has 10 nitrogen and oxygen atoms in total. The lowest BCUT2D eigenvalue weighted by atomic mass is 9.68. The highest BCUT2D eigenvalue weighted by atomic mass is 16.7.